The number of nitrogens with one attached hydrogen (secondary N) is 1. The second-order valence-electron chi connectivity index (χ2n) is 3.80. The Bertz CT molecular complexity index is 254. The largest absolute Gasteiger partial charge is 0.381 e. The summed E-state index contributed by atoms with van der Waals surface area (Å²) in [6.07, 6.45) is 2.35. The highest BCUT2D eigenvalue weighted by atomic mass is 32.1. The Hall–Kier alpha value is -0.380. The van der Waals surface area contributed by atoms with Crippen LogP contribution in [-0.4, -0.2) is 26.3 Å². The van der Waals surface area contributed by atoms with Crippen molar-refractivity contribution in [2.24, 2.45) is 5.92 Å². The summed E-state index contributed by atoms with van der Waals surface area (Å²) in [5.41, 5.74) is 0. The van der Waals surface area contributed by atoms with Gasteiger partial charge in [-0.1, -0.05) is 6.07 Å². The second kappa shape index (κ2) is 4.91. The Morgan fingerprint density at radius 2 is 2.64 bits per heavy atom. The summed E-state index contributed by atoms with van der Waals surface area (Å²) in [5.74, 6) is 0.696. The third-order valence-electron chi connectivity index (χ3n) is 2.91. The molecular formula is C11H17NOS. The number of thiophene rings is 1. The number of likely N-dealkylation sites (N-methyl/N-ethyl adjacent to an activating group) is 1. The second-order valence-corrected chi connectivity index (χ2v) is 4.83. The molecule has 2 nitrogen and oxygen atoms in total. The Kier molecular flexibility index (Phi) is 3.56. The molecule has 1 saturated heterocycles. The Balaban J connectivity index is 1.92. The SMILES string of the molecule is CNC(Cc1cccs1)C1CCOC1. The summed E-state index contributed by atoms with van der Waals surface area (Å²) < 4.78 is 5.42. The van der Waals surface area contributed by atoms with E-state index in [4.69, 9.17) is 4.74 Å². The highest BCUT2D eigenvalue weighted by Gasteiger charge is 2.24. The van der Waals surface area contributed by atoms with Gasteiger partial charge in [0.25, 0.3) is 0 Å². The van der Waals surface area contributed by atoms with Crippen molar-refractivity contribution in [3.8, 4) is 0 Å². The normalized spacial score (nSPS) is 23.9. The average Bonchev–Trinajstić information content (AvgIpc) is 2.86. The van der Waals surface area contributed by atoms with Gasteiger partial charge in [0.1, 0.15) is 0 Å². The fraction of sp³-hybridized carbons (Fsp3) is 0.636. The molecule has 0 saturated carbocycles. The van der Waals surface area contributed by atoms with E-state index in [9.17, 15) is 0 Å². The molecule has 0 aromatic carbocycles. The predicted molar refractivity (Wildman–Crippen MR) is 59.8 cm³/mol. The average molecular weight is 211 g/mol. The number of hydrogen-bond donors (Lipinski definition) is 1. The van der Waals surface area contributed by atoms with Gasteiger partial charge in [-0.15, -0.1) is 11.3 Å². The van der Waals surface area contributed by atoms with Gasteiger partial charge in [-0.05, 0) is 31.3 Å². The van der Waals surface area contributed by atoms with E-state index in [1.807, 2.05) is 11.3 Å². The lowest BCUT2D eigenvalue weighted by molar-refractivity contribution is 0.177. The van der Waals surface area contributed by atoms with Crippen molar-refractivity contribution in [1.82, 2.24) is 5.32 Å². The monoisotopic (exact) mass is 211 g/mol. The van der Waals surface area contributed by atoms with Crippen LogP contribution in [0.4, 0.5) is 0 Å². The highest BCUT2D eigenvalue weighted by molar-refractivity contribution is 7.09. The van der Waals surface area contributed by atoms with Crippen molar-refractivity contribution in [1.29, 1.82) is 0 Å². The van der Waals surface area contributed by atoms with Crippen LogP contribution in [0.3, 0.4) is 0 Å². The van der Waals surface area contributed by atoms with Gasteiger partial charge >= 0.3 is 0 Å². The van der Waals surface area contributed by atoms with E-state index < -0.39 is 0 Å². The van der Waals surface area contributed by atoms with E-state index in [0.29, 0.717) is 12.0 Å². The van der Waals surface area contributed by atoms with Crippen molar-refractivity contribution in [2.75, 3.05) is 20.3 Å². The lowest BCUT2D eigenvalue weighted by Gasteiger charge is -2.20. The summed E-state index contributed by atoms with van der Waals surface area (Å²) in [6.45, 7) is 1.87. The zero-order valence-corrected chi connectivity index (χ0v) is 9.35. The fourth-order valence-electron chi connectivity index (χ4n) is 2.02. The molecule has 2 heterocycles. The van der Waals surface area contributed by atoms with Crippen LogP contribution in [0.15, 0.2) is 17.5 Å². The van der Waals surface area contributed by atoms with Crippen molar-refractivity contribution in [3.63, 3.8) is 0 Å². The van der Waals surface area contributed by atoms with Crippen LogP contribution in [-0.2, 0) is 11.2 Å². The first-order valence-corrected chi connectivity index (χ1v) is 6.05. The third-order valence-corrected chi connectivity index (χ3v) is 3.80. The Morgan fingerprint density at radius 3 is 3.21 bits per heavy atom. The molecule has 0 bridgehead atoms. The van der Waals surface area contributed by atoms with Crippen molar-refractivity contribution >= 4 is 11.3 Å². The summed E-state index contributed by atoms with van der Waals surface area (Å²) in [6, 6.07) is 4.92. The van der Waals surface area contributed by atoms with Crippen LogP contribution in [0.5, 0.6) is 0 Å². The molecule has 0 spiro atoms. The Labute approximate surface area is 89.3 Å². The van der Waals surface area contributed by atoms with Gasteiger partial charge in [0.05, 0.1) is 6.61 Å². The van der Waals surface area contributed by atoms with Gasteiger partial charge in [0.15, 0.2) is 0 Å². The standard InChI is InChI=1S/C11H17NOS/c1-12-11(9-4-5-13-8-9)7-10-3-2-6-14-10/h2-3,6,9,11-12H,4-5,7-8H2,1H3. The molecule has 2 rings (SSSR count). The number of hydrogen-bond acceptors (Lipinski definition) is 3. The predicted octanol–water partition coefficient (Wildman–Crippen LogP) is 1.92. The molecule has 1 fully saturated rings. The molecule has 14 heavy (non-hydrogen) atoms. The zero-order valence-electron chi connectivity index (χ0n) is 8.53. The molecule has 0 aliphatic carbocycles. The summed E-state index contributed by atoms with van der Waals surface area (Å²) in [4.78, 5) is 1.47. The van der Waals surface area contributed by atoms with Crippen molar-refractivity contribution in [2.45, 2.75) is 18.9 Å². The topological polar surface area (TPSA) is 21.3 Å². The quantitative estimate of drug-likeness (QED) is 0.821. The van der Waals surface area contributed by atoms with Crippen LogP contribution in [0.2, 0.25) is 0 Å². The summed E-state index contributed by atoms with van der Waals surface area (Å²) in [7, 11) is 2.05. The molecule has 1 aromatic heterocycles. The molecule has 1 aliphatic heterocycles. The third kappa shape index (κ3) is 2.35. The maximum Gasteiger partial charge on any atom is 0.0510 e. The minimum Gasteiger partial charge on any atom is -0.381 e. The van der Waals surface area contributed by atoms with Gasteiger partial charge in [-0.3, -0.25) is 0 Å². The maximum atomic E-state index is 5.42. The van der Waals surface area contributed by atoms with Gasteiger partial charge in [-0.25, -0.2) is 0 Å². The van der Waals surface area contributed by atoms with Crippen molar-refractivity contribution in [3.05, 3.63) is 22.4 Å². The van der Waals surface area contributed by atoms with E-state index in [0.717, 1.165) is 19.6 Å². The van der Waals surface area contributed by atoms with Crippen LogP contribution in [0, 0.1) is 5.92 Å². The lowest BCUT2D eigenvalue weighted by atomic mass is 9.96. The summed E-state index contributed by atoms with van der Waals surface area (Å²) >= 11 is 1.84. The van der Waals surface area contributed by atoms with E-state index >= 15 is 0 Å². The molecule has 1 aliphatic rings. The smallest absolute Gasteiger partial charge is 0.0510 e. The van der Waals surface area contributed by atoms with E-state index in [1.165, 1.54) is 11.3 Å². The number of ether oxygens (including phenoxy) is 1. The van der Waals surface area contributed by atoms with Crippen LogP contribution in [0.1, 0.15) is 11.3 Å². The molecule has 1 N–H and O–H groups in total. The lowest BCUT2D eigenvalue weighted by Crippen LogP contribution is -2.35. The molecular weight excluding hydrogens is 194 g/mol. The first-order valence-electron chi connectivity index (χ1n) is 5.17. The van der Waals surface area contributed by atoms with Crippen molar-refractivity contribution < 1.29 is 4.74 Å². The number of rotatable bonds is 4. The van der Waals surface area contributed by atoms with Gasteiger partial charge in [-0.2, -0.15) is 0 Å². The Morgan fingerprint density at radius 1 is 1.71 bits per heavy atom. The molecule has 78 valence electrons. The molecule has 0 radical (unpaired) electrons. The fourth-order valence-corrected chi connectivity index (χ4v) is 2.78. The maximum absolute atomic E-state index is 5.42. The van der Waals surface area contributed by atoms with Crippen LogP contribution in [0.25, 0.3) is 0 Å². The molecule has 3 heteroatoms. The first kappa shape index (κ1) is 10.1. The van der Waals surface area contributed by atoms with Crippen LogP contribution < -0.4 is 5.32 Å². The minimum atomic E-state index is 0.580. The molecule has 0 amide bonds. The highest BCUT2D eigenvalue weighted by Crippen LogP contribution is 2.21. The zero-order chi connectivity index (χ0) is 9.80. The van der Waals surface area contributed by atoms with E-state index in [-0.39, 0.29) is 0 Å². The molecule has 2 atom stereocenters. The van der Waals surface area contributed by atoms with E-state index in [2.05, 4.69) is 29.9 Å². The molecule has 2 unspecified atom stereocenters. The van der Waals surface area contributed by atoms with Gasteiger partial charge in [0.2, 0.25) is 0 Å². The van der Waals surface area contributed by atoms with Crippen LogP contribution >= 0.6 is 11.3 Å². The first-order chi connectivity index (χ1) is 6.90. The molecule has 1 aromatic rings. The van der Waals surface area contributed by atoms with Gasteiger partial charge in [0, 0.05) is 23.4 Å². The minimum absolute atomic E-state index is 0.580. The van der Waals surface area contributed by atoms with Gasteiger partial charge < -0.3 is 10.1 Å². The van der Waals surface area contributed by atoms with E-state index in [1.54, 1.807) is 0 Å². The summed E-state index contributed by atoms with van der Waals surface area (Å²) in [5, 5.41) is 5.55.